The van der Waals surface area contributed by atoms with E-state index in [1.165, 1.54) is 25.0 Å². The molecular weight excluding hydrogens is 334 g/mol. The smallest absolute Gasteiger partial charge is 0.360 e. The molecule has 0 spiro atoms. The Hall–Kier alpha value is -2.55. The highest BCUT2D eigenvalue weighted by molar-refractivity contribution is 7.92. The van der Waals surface area contributed by atoms with Crippen molar-refractivity contribution in [2.75, 3.05) is 18.9 Å². The van der Waals surface area contributed by atoms with Crippen LogP contribution in [0.1, 0.15) is 21.7 Å². The van der Waals surface area contributed by atoms with Crippen LogP contribution >= 0.6 is 0 Å². The average Bonchev–Trinajstić information content (AvgIpc) is 2.82. The molecule has 1 heterocycles. The van der Waals surface area contributed by atoms with Crippen LogP contribution in [-0.4, -0.2) is 38.4 Å². The van der Waals surface area contributed by atoms with Gasteiger partial charge < -0.3 is 9.47 Å². The second kappa shape index (κ2) is 6.52. The maximum atomic E-state index is 12.8. The SMILES string of the molecule is COC(=O)c1nn(C)c(C)c1NS(=O)(=O)c1cc(C)ccc1OC. The van der Waals surface area contributed by atoms with Crippen molar-refractivity contribution < 1.29 is 22.7 Å². The lowest BCUT2D eigenvalue weighted by atomic mass is 10.2. The summed E-state index contributed by atoms with van der Waals surface area (Å²) in [6, 6.07) is 4.80. The van der Waals surface area contributed by atoms with Gasteiger partial charge in [-0.25, -0.2) is 13.2 Å². The normalized spacial score (nSPS) is 11.2. The summed E-state index contributed by atoms with van der Waals surface area (Å²) in [4.78, 5) is 11.8. The van der Waals surface area contributed by atoms with E-state index >= 15 is 0 Å². The third-order valence-electron chi connectivity index (χ3n) is 3.56. The molecule has 130 valence electrons. The Kier molecular flexibility index (Phi) is 4.83. The number of methoxy groups -OCH3 is 2. The van der Waals surface area contributed by atoms with Gasteiger partial charge in [0.05, 0.1) is 19.9 Å². The number of carbonyl (C=O) groups excluding carboxylic acids is 1. The summed E-state index contributed by atoms with van der Waals surface area (Å²) < 4.78 is 39.2. The molecule has 8 nitrogen and oxygen atoms in total. The summed E-state index contributed by atoms with van der Waals surface area (Å²) in [5, 5.41) is 4.00. The summed E-state index contributed by atoms with van der Waals surface area (Å²) in [7, 11) is 0.206. The molecule has 0 radical (unpaired) electrons. The Morgan fingerprint density at radius 1 is 1.25 bits per heavy atom. The molecule has 24 heavy (non-hydrogen) atoms. The molecule has 0 atom stereocenters. The Morgan fingerprint density at radius 3 is 2.50 bits per heavy atom. The number of aromatic nitrogens is 2. The van der Waals surface area contributed by atoms with Crippen LogP contribution < -0.4 is 9.46 Å². The molecule has 0 aliphatic carbocycles. The van der Waals surface area contributed by atoms with Gasteiger partial charge in [-0.1, -0.05) is 6.07 Å². The molecule has 1 N–H and O–H groups in total. The van der Waals surface area contributed by atoms with E-state index in [4.69, 9.17) is 4.74 Å². The zero-order valence-electron chi connectivity index (χ0n) is 14.1. The number of sulfonamides is 1. The van der Waals surface area contributed by atoms with Gasteiger partial charge >= 0.3 is 5.97 Å². The fraction of sp³-hybridized carbons (Fsp3) is 0.333. The van der Waals surface area contributed by atoms with E-state index in [0.29, 0.717) is 5.69 Å². The van der Waals surface area contributed by atoms with Crippen LogP contribution in [0.3, 0.4) is 0 Å². The predicted molar refractivity (Wildman–Crippen MR) is 87.8 cm³/mol. The average molecular weight is 353 g/mol. The number of esters is 1. The predicted octanol–water partition coefficient (Wildman–Crippen LogP) is 1.63. The van der Waals surface area contributed by atoms with Gasteiger partial charge in [0.1, 0.15) is 16.3 Å². The topological polar surface area (TPSA) is 99.5 Å². The summed E-state index contributed by atoms with van der Waals surface area (Å²) in [5.41, 5.74) is 1.21. The van der Waals surface area contributed by atoms with Crippen LogP contribution in [0, 0.1) is 13.8 Å². The van der Waals surface area contributed by atoms with Crippen molar-refractivity contribution in [1.29, 1.82) is 0 Å². The van der Waals surface area contributed by atoms with Gasteiger partial charge in [0.25, 0.3) is 10.0 Å². The molecule has 0 fully saturated rings. The van der Waals surface area contributed by atoms with E-state index in [9.17, 15) is 13.2 Å². The second-order valence-electron chi connectivity index (χ2n) is 5.18. The van der Waals surface area contributed by atoms with Crippen molar-refractivity contribution in [3.8, 4) is 5.75 Å². The quantitative estimate of drug-likeness (QED) is 0.820. The Balaban J connectivity index is 2.55. The van der Waals surface area contributed by atoms with Gasteiger partial charge in [0.2, 0.25) is 0 Å². The zero-order chi connectivity index (χ0) is 18.1. The summed E-state index contributed by atoms with van der Waals surface area (Å²) in [6.45, 7) is 3.42. The summed E-state index contributed by atoms with van der Waals surface area (Å²) in [5.74, 6) is -0.526. The zero-order valence-corrected chi connectivity index (χ0v) is 14.9. The fourth-order valence-corrected chi connectivity index (χ4v) is 3.53. The van der Waals surface area contributed by atoms with E-state index in [2.05, 4.69) is 14.6 Å². The summed E-state index contributed by atoms with van der Waals surface area (Å²) >= 11 is 0. The van der Waals surface area contributed by atoms with E-state index in [-0.39, 0.29) is 22.0 Å². The fourth-order valence-electron chi connectivity index (χ4n) is 2.15. The van der Waals surface area contributed by atoms with E-state index in [0.717, 1.165) is 5.56 Å². The number of hydrogen-bond acceptors (Lipinski definition) is 6. The van der Waals surface area contributed by atoms with Gasteiger partial charge in [-0.2, -0.15) is 5.10 Å². The molecule has 2 aromatic rings. The number of aryl methyl sites for hydroxylation is 2. The van der Waals surface area contributed by atoms with Gasteiger partial charge in [-0.3, -0.25) is 9.40 Å². The van der Waals surface area contributed by atoms with Crippen molar-refractivity contribution >= 4 is 21.7 Å². The highest BCUT2D eigenvalue weighted by Crippen LogP contribution is 2.29. The van der Waals surface area contributed by atoms with Crippen LogP contribution in [0.4, 0.5) is 5.69 Å². The van der Waals surface area contributed by atoms with Crippen LogP contribution in [0.5, 0.6) is 5.75 Å². The highest BCUT2D eigenvalue weighted by atomic mass is 32.2. The van der Waals surface area contributed by atoms with Crippen LogP contribution in [-0.2, 0) is 21.8 Å². The number of carbonyl (C=O) groups is 1. The minimum atomic E-state index is -3.99. The molecule has 2 rings (SSSR count). The number of nitrogens with zero attached hydrogens (tertiary/aromatic N) is 2. The largest absolute Gasteiger partial charge is 0.495 e. The maximum Gasteiger partial charge on any atom is 0.360 e. The van der Waals surface area contributed by atoms with Crippen LogP contribution in [0.25, 0.3) is 0 Å². The lowest BCUT2D eigenvalue weighted by Crippen LogP contribution is -2.17. The molecule has 0 bridgehead atoms. The van der Waals surface area contributed by atoms with Crippen molar-refractivity contribution in [3.63, 3.8) is 0 Å². The number of ether oxygens (including phenoxy) is 2. The first-order valence-electron chi connectivity index (χ1n) is 7.00. The molecule has 9 heteroatoms. The lowest BCUT2D eigenvalue weighted by Gasteiger charge is -2.12. The second-order valence-corrected chi connectivity index (χ2v) is 6.83. The van der Waals surface area contributed by atoms with Gasteiger partial charge in [0, 0.05) is 7.05 Å². The van der Waals surface area contributed by atoms with E-state index in [1.54, 1.807) is 33.0 Å². The number of benzene rings is 1. The molecule has 0 aliphatic heterocycles. The molecule has 0 saturated heterocycles. The maximum absolute atomic E-state index is 12.8. The molecule has 0 unspecified atom stereocenters. The Labute approximate surface area is 140 Å². The molecule has 1 aromatic carbocycles. The number of hydrogen-bond donors (Lipinski definition) is 1. The minimum Gasteiger partial charge on any atom is -0.495 e. The first-order chi connectivity index (χ1) is 11.2. The van der Waals surface area contributed by atoms with E-state index < -0.39 is 16.0 Å². The first kappa shape index (κ1) is 17.8. The molecule has 0 aliphatic rings. The van der Waals surface area contributed by atoms with Gasteiger partial charge in [-0.15, -0.1) is 0 Å². The van der Waals surface area contributed by atoms with Crippen molar-refractivity contribution in [1.82, 2.24) is 9.78 Å². The summed E-state index contributed by atoms with van der Waals surface area (Å²) in [6.07, 6.45) is 0. The van der Waals surface area contributed by atoms with E-state index in [1.807, 2.05) is 0 Å². The molecule has 0 saturated carbocycles. The third kappa shape index (κ3) is 3.21. The third-order valence-corrected chi connectivity index (χ3v) is 4.93. The Morgan fingerprint density at radius 2 is 1.92 bits per heavy atom. The molecule has 1 aromatic heterocycles. The monoisotopic (exact) mass is 353 g/mol. The van der Waals surface area contributed by atoms with Gasteiger partial charge in [-0.05, 0) is 31.5 Å². The van der Waals surface area contributed by atoms with Crippen molar-refractivity contribution in [2.45, 2.75) is 18.7 Å². The van der Waals surface area contributed by atoms with Crippen LogP contribution in [0.15, 0.2) is 23.1 Å². The van der Waals surface area contributed by atoms with Gasteiger partial charge in [0.15, 0.2) is 5.69 Å². The van der Waals surface area contributed by atoms with Crippen LogP contribution in [0.2, 0.25) is 0 Å². The first-order valence-corrected chi connectivity index (χ1v) is 8.49. The number of rotatable bonds is 5. The van der Waals surface area contributed by atoms with Crippen molar-refractivity contribution in [3.05, 3.63) is 35.2 Å². The lowest BCUT2D eigenvalue weighted by molar-refractivity contribution is 0.0594. The van der Waals surface area contributed by atoms with Crippen molar-refractivity contribution in [2.24, 2.45) is 7.05 Å². The molecule has 0 amide bonds. The standard InChI is InChI=1S/C15H19N3O5S/c1-9-6-7-11(22-4)12(8-9)24(20,21)17-13-10(2)18(3)16-14(13)15(19)23-5/h6-8,17H,1-5H3. The Bertz CT molecular complexity index is 887. The number of nitrogens with one attached hydrogen (secondary N) is 1. The minimum absolute atomic E-state index is 0.0240. The molecular formula is C15H19N3O5S. The highest BCUT2D eigenvalue weighted by Gasteiger charge is 2.27. The number of anilines is 1.